The molecule has 0 aliphatic heterocycles. The molecule has 2 rings (SSSR count). The van der Waals surface area contributed by atoms with Gasteiger partial charge in [-0.25, -0.2) is 9.18 Å². The molecular weight excluding hydrogens is 416 g/mol. The molecule has 2 aromatic rings. The molecule has 7 heteroatoms. The van der Waals surface area contributed by atoms with Crippen LogP contribution < -0.4 is 0 Å². The quantitative estimate of drug-likeness (QED) is 0.580. The predicted octanol–water partition coefficient (Wildman–Crippen LogP) is 6.26. The molecule has 138 valence electrons. The monoisotopic (exact) mass is 430 g/mol. The van der Waals surface area contributed by atoms with Crippen molar-refractivity contribution in [2.45, 2.75) is 25.9 Å². The van der Waals surface area contributed by atoms with E-state index in [1.807, 2.05) is 0 Å². The molecular formula is C19H15BrF4O2. The highest BCUT2D eigenvalue weighted by molar-refractivity contribution is 9.10. The van der Waals surface area contributed by atoms with Gasteiger partial charge < -0.3 is 5.11 Å². The van der Waals surface area contributed by atoms with Crippen LogP contribution in [0.4, 0.5) is 17.6 Å². The first-order chi connectivity index (χ1) is 12.0. The lowest BCUT2D eigenvalue weighted by molar-refractivity contribution is -0.139. The maximum Gasteiger partial charge on any atom is 0.399 e. The Labute approximate surface area is 156 Å². The maximum absolute atomic E-state index is 13.7. The third-order valence-electron chi connectivity index (χ3n) is 3.88. The molecule has 0 heterocycles. The van der Waals surface area contributed by atoms with Crippen LogP contribution in [-0.4, -0.2) is 17.3 Å². The molecule has 0 aliphatic rings. The fourth-order valence-electron chi connectivity index (χ4n) is 2.58. The van der Waals surface area contributed by atoms with Gasteiger partial charge in [-0.15, -0.1) is 0 Å². The smallest absolute Gasteiger partial charge is 0.399 e. The van der Waals surface area contributed by atoms with Gasteiger partial charge in [0.25, 0.3) is 0 Å². The summed E-state index contributed by atoms with van der Waals surface area (Å²) >= 11 is 3.09. The Morgan fingerprint density at radius 2 is 1.73 bits per heavy atom. The first-order valence-corrected chi connectivity index (χ1v) is 8.34. The largest absolute Gasteiger partial charge is 0.478 e. The van der Waals surface area contributed by atoms with E-state index in [9.17, 15) is 22.4 Å². The zero-order valence-corrected chi connectivity index (χ0v) is 15.5. The number of rotatable bonds is 4. The Morgan fingerprint density at radius 1 is 1.15 bits per heavy atom. The number of hydrogen-bond acceptors (Lipinski definition) is 1. The molecule has 0 saturated carbocycles. The van der Waals surface area contributed by atoms with Gasteiger partial charge in [-0.1, -0.05) is 30.4 Å². The van der Waals surface area contributed by atoms with Crippen LogP contribution >= 0.6 is 15.9 Å². The molecule has 2 aromatic carbocycles. The molecule has 0 saturated heterocycles. The van der Waals surface area contributed by atoms with Crippen molar-refractivity contribution in [2.75, 3.05) is 0 Å². The van der Waals surface area contributed by atoms with Crippen LogP contribution in [0.15, 0.2) is 40.9 Å². The van der Waals surface area contributed by atoms with Crippen molar-refractivity contribution >= 4 is 28.0 Å². The molecule has 1 unspecified atom stereocenters. The van der Waals surface area contributed by atoms with Gasteiger partial charge in [0, 0.05) is 4.47 Å². The lowest BCUT2D eigenvalue weighted by atomic mass is 9.93. The highest BCUT2D eigenvalue weighted by Crippen LogP contribution is 2.37. The third kappa shape index (κ3) is 4.52. The lowest BCUT2D eigenvalue weighted by Crippen LogP contribution is -2.19. The SMILES string of the molecule is Cc1cc(C(C=Cc2ccc(C(=O)O)c(Br)c2)C(F)(F)F)cc(C)c1F. The Kier molecular flexibility index (Phi) is 5.91. The number of carboxylic acid groups (broad SMARTS) is 1. The lowest BCUT2D eigenvalue weighted by Gasteiger charge is -2.19. The summed E-state index contributed by atoms with van der Waals surface area (Å²) in [5.74, 6) is -3.57. The van der Waals surface area contributed by atoms with Crippen molar-refractivity contribution in [1.29, 1.82) is 0 Å². The molecule has 0 spiro atoms. The van der Waals surface area contributed by atoms with Crippen molar-refractivity contribution in [3.8, 4) is 0 Å². The topological polar surface area (TPSA) is 37.3 Å². The number of hydrogen-bond donors (Lipinski definition) is 1. The summed E-state index contributed by atoms with van der Waals surface area (Å²) < 4.78 is 54.5. The minimum absolute atomic E-state index is 0.0132. The van der Waals surface area contributed by atoms with Crippen LogP contribution in [0, 0.1) is 19.7 Å². The second kappa shape index (κ2) is 7.61. The van der Waals surface area contributed by atoms with E-state index in [-0.39, 0.29) is 26.7 Å². The fourth-order valence-corrected chi connectivity index (χ4v) is 3.15. The molecule has 0 amide bonds. The predicted molar refractivity (Wildman–Crippen MR) is 94.8 cm³/mol. The summed E-state index contributed by atoms with van der Waals surface area (Å²) in [6, 6.07) is 6.53. The molecule has 0 radical (unpaired) electrons. The van der Waals surface area contributed by atoms with Crippen LogP contribution in [-0.2, 0) is 0 Å². The number of allylic oxidation sites excluding steroid dienone is 1. The summed E-state index contributed by atoms with van der Waals surface area (Å²) in [6.07, 6.45) is -2.30. The van der Waals surface area contributed by atoms with Crippen molar-refractivity contribution in [3.63, 3.8) is 0 Å². The Morgan fingerprint density at radius 3 is 2.19 bits per heavy atom. The summed E-state index contributed by atoms with van der Waals surface area (Å²) in [5.41, 5.74) is 0.671. The number of aromatic carboxylic acids is 1. The number of benzene rings is 2. The molecule has 1 atom stereocenters. The first kappa shape index (κ1) is 20.2. The van der Waals surface area contributed by atoms with Crippen LogP contribution in [0.25, 0.3) is 6.08 Å². The van der Waals surface area contributed by atoms with E-state index >= 15 is 0 Å². The minimum Gasteiger partial charge on any atom is -0.478 e. The van der Waals surface area contributed by atoms with Gasteiger partial charge in [-0.05, 0) is 64.2 Å². The molecule has 1 N–H and O–H groups in total. The van der Waals surface area contributed by atoms with Crippen molar-refractivity contribution in [3.05, 3.63) is 74.5 Å². The number of carboxylic acids is 1. The molecule has 0 bridgehead atoms. The molecule has 0 fully saturated rings. The van der Waals surface area contributed by atoms with Crippen LogP contribution in [0.3, 0.4) is 0 Å². The number of alkyl halides is 3. The van der Waals surface area contributed by atoms with Gasteiger partial charge in [-0.3, -0.25) is 0 Å². The molecule has 2 nitrogen and oxygen atoms in total. The van der Waals surface area contributed by atoms with E-state index in [0.29, 0.717) is 5.56 Å². The Hall–Kier alpha value is -2.15. The van der Waals surface area contributed by atoms with Gasteiger partial charge >= 0.3 is 12.1 Å². The van der Waals surface area contributed by atoms with Crippen LogP contribution in [0.1, 0.15) is 38.5 Å². The van der Waals surface area contributed by atoms with E-state index < -0.39 is 23.9 Å². The van der Waals surface area contributed by atoms with Crippen molar-refractivity contribution in [1.82, 2.24) is 0 Å². The maximum atomic E-state index is 13.7. The zero-order chi connectivity index (χ0) is 19.6. The van der Waals surface area contributed by atoms with Gasteiger partial charge in [0.1, 0.15) is 5.82 Å². The average molecular weight is 431 g/mol. The number of aryl methyl sites for hydroxylation is 2. The Balaban J connectivity index is 2.42. The first-order valence-electron chi connectivity index (χ1n) is 7.55. The van der Waals surface area contributed by atoms with E-state index in [4.69, 9.17) is 5.11 Å². The molecule has 26 heavy (non-hydrogen) atoms. The summed E-state index contributed by atoms with van der Waals surface area (Å²) in [7, 11) is 0. The van der Waals surface area contributed by atoms with E-state index in [1.165, 1.54) is 50.3 Å². The third-order valence-corrected chi connectivity index (χ3v) is 4.53. The van der Waals surface area contributed by atoms with Gasteiger partial charge in [0.05, 0.1) is 11.5 Å². The van der Waals surface area contributed by atoms with E-state index in [2.05, 4.69) is 15.9 Å². The van der Waals surface area contributed by atoms with Crippen LogP contribution in [0.5, 0.6) is 0 Å². The van der Waals surface area contributed by atoms with E-state index in [1.54, 1.807) is 0 Å². The second-order valence-electron chi connectivity index (χ2n) is 5.89. The number of halogens is 5. The van der Waals surface area contributed by atoms with Gasteiger partial charge in [-0.2, -0.15) is 13.2 Å². The van der Waals surface area contributed by atoms with Gasteiger partial charge in [0.15, 0.2) is 0 Å². The fraction of sp³-hybridized carbons (Fsp3) is 0.211. The van der Waals surface area contributed by atoms with Crippen LogP contribution in [0.2, 0.25) is 0 Å². The van der Waals surface area contributed by atoms with Crippen molar-refractivity contribution in [2.24, 2.45) is 0 Å². The minimum atomic E-state index is -4.55. The Bertz CT molecular complexity index is 849. The van der Waals surface area contributed by atoms with Crippen molar-refractivity contribution < 1.29 is 27.5 Å². The molecule has 0 aliphatic carbocycles. The number of carbonyl (C=O) groups is 1. The standard InChI is InChI=1S/C19H15BrF4O2/c1-10-7-13(8-11(2)17(10)21)15(19(22,23)24)6-4-12-3-5-14(18(25)26)16(20)9-12/h3-9,15H,1-2H3,(H,25,26). The van der Waals surface area contributed by atoms with Gasteiger partial charge in [0.2, 0.25) is 0 Å². The summed E-state index contributed by atoms with van der Waals surface area (Å²) in [5, 5.41) is 8.98. The zero-order valence-electron chi connectivity index (χ0n) is 13.9. The summed E-state index contributed by atoms with van der Waals surface area (Å²) in [4.78, 5) is 11.0. The normalized spacial score (nSPS) is 13.2. The molecule has 0 aromatic heterocycles. The average Bonchev–Trinajstić information content (AvgIpc) is 2.51. The second-order valence-corrected chi connectivity index (χ2v) is 6.75. The highest BCUT2D eigenvalue weighted by Gasteiger charge is 2.39. The highest BCUT2D eigenvalue weighted by atomic mass is 79.9. The van der Waals surface area contributed by atoms with E-state index in [0.717, 1.165) is 6.08 Å². The summed E-state index contributed by atoms with van der Waals surface area (Å²) in [6.45, 7) is 2.84.